The molecule has 1 heterocycles. The van der Waals surface area contributed by atoms with Crippen molar-refractivity contribution in [3.05, 3.63) is 51.0 Å². The highest BCUT2D eigenvalue weighted by Crippen LogP contribution is 2.30. The molecule has 1 unspecified atom stereocenters. The summed E-state index contributed by atoms with van der Waals surface area (Å²) in [6.45, 7) is 10.5. The van der Waals surface area contributed by atoms with Crippen LogP contribution in [0.5, 0.6) is 0 Å². The van der Waals surface area contributed by atoms with Crippen molar-refractivity contribution >= 4 is 11.3 Å². The topological polar surface area (TPSA) is 33.1 Å². The van der Waals surface area contributed by atoms with E-state index in [9.17, 15) is 5.11 Å². The third kappa shape index (κ3) is 3.04. The zero-order valence-electron chi connectivity index (χ0n) is 12.2. The number of aromatic nitrogens is 1. The van der Waals surface area contributed by atoms with Crippen LogP contribution >= 0.6 is 11.3 Å². The minimum atomic E-state index is -0.633. The SMILES string of the molecule is Cc1ccc(C(O)c2csc(C(C)(C)C)n2)cc1C. The van der Waals surface area contributed by atoms with E-state index in [1.54, 1.807) is 11.3 Å². The lowest BCUT2D eigenvalue weighted by molar-refractivity contribution is 0.215. The number of benzene rings is 1. The van der Waals surface area contributed by atoms with Gasteiger partial charge < -0.3 is 5.11 Å². The highest BCUT2D eigenvalue weighted by Gasteiger charge is 2.21. The lowest BCUT2D eigenvalue weighted by atomic mass is 9.98. The summed E-state index contributed by atoms with van der Waals surface area (Å²) in [5.74, 6) is 0. The van der Waals surface area contributed by atoms with Crippen LogP contribution in [0.4, 0.5) is 0 Å². The second-order valence-corrected chi connectivity index (χ2v) is 6.93. The molecule has 1 atom stereocenters. The lowest BCUT2D eigenvalue weighted by Gasteiger charge is -2.14. The molecule has 0 bridgehead atoms. The summed E-state index contributed by atoms with van der Waals surface area (Å²) in [5, 5.41) is 13.4. The molecule has 0 saturated heterocycles. The first kappa shape index (κ1) is 14.2. The highest BCUT2D eigenvalue weighted by atomic mass is 32.1. The number of rotatable bonds is 2. The summed E-state index contributed by atoms with van der Waals surface area (Å²) in [6.07, 6.45) is -0.633. The van der Waals surface area contributed by atoms with Crippen LogP contribution in [0.2, 0.25) is 0 Å². The first-order chi connectivity index (χ1) is 8.79. The minimum Gasteiger partial charge on any atom is -0.382 e. The van der Waals surface area contributed by atoms with E-state index >= 15 is 0 Å². The van der Waals surface area contributed by atoms with Crippen molar-refractivity contribution in [1.29, 1.82) is 0 Å². The van der Waals surface area contributed by atoms with Gasteiger partial charge in [-0.25, -0.2) is 4.98 Å². The Morgan fingerprint density at radius 1 is 1.16 bits per heavy atom. The predicted molar refractivity (Wildman–Crippen MR) is 80.8 cm³/mol. The van der Waals surface area contributed by atoms with E-state index in [0.29, 0.717) is 0 Å². The maximum Gasteiger partial charge on any atom is 0.122 e. The van der Waals surface area contributed by atoms with Gasteiger partial charge in [-0.2, -0.15) is 0 Å². The molecule has 1 aromatic carbocycles. The van der Waals surface area contributed by atoms with Gasteiger partial charge in [-0.1, -0.05) is 39.0 Å². The van der Waals surface area contributed by atoms with Gasteiger partial charge in [0, 0.05) is 10.8 Å². The van der Waals surface area contributed by atoms with Crippen molar-refractivity contribution in [3.8, 4) is 0 Å². The number of aliphatic hydroxyl groups excluding tert-OH is 1. The lowest BCUT2D eigenvalue weighted by Crippen LogP contribution is -2.11. The van der Waals surface area contributed by atoms with Gasteiger partial charge in [0.2, 0.25) is 0 Å². The number of hydrogen-bond acceptors (Lipinski definition) is 3. The Hall–Kier alpha value is -1.19. The molecule has 0 spiro atoms. The Morgan fingerprint density at radius 3 is 2.37 bits per heavy atom. The van der Waals surface area contributed by atoms with E-state index in [2.05, 4.69) is 39.6 Å². The average Bonchev–Trinajstić information content (AvgIpc) is 2.81. The predicted octanol–water partition coefficient (Wildman–Crippen LogP) is 4.14. The fourth-order valence-corrected chi connectivity index (χ4v) is 2.79. The van der Waals surface area contributed by atoms with Gasteiger partial charge in [0.05, 0.1) is 10.7 Å². The molecule has 1 aromatic heterocycles. The molecule has 1 N–H and O–H groups in total. The summed E-state index contributed by atoms with van der Waals surface area (Å²) in [4.78, 5) is 4.58. The number of aliphatic hydroxyl groups is 1. The summed E-state index contributed by atoms with van der Waals surface area (Å²) in [7, 11) is 0. The van der Waals surface area contributed by atoms with Crippen LogP contribution in [-0.2, 0) is 5.41 Å². The molecular weight excluding hydrogens is 254 g/mol. The number of nitrogens with zero attached hydrogens (tertiary/aromatic N) is 1. The van der Waals surface area contributed by atoms with Crippen LogP contribution in [-0.4, -0.2) is 10.1 Å². The van der Waals surface area contributed by atoms with E-state index in [1.807, 2.05) is 23.6 Å². The molecule has 3 heteroatoms. The molecule has 0 aliphatic carbocycles. The fourth-order valence-electron chi connectivity index (χ4n) is 1.86. The molecular formula is C16H21NOS. The second-order valence-electron chi connectivity index (χ2n) is 6.07. The second kappa shape index (κ2) is 5.06. The van der Waals surface area contributed by atoms with Gasteiger partial charge >= 0.3 is 0 Å². The van der Waals surface area contributed by atoms with Gasteiger partial charge in [0.25, 0.3) is 0 Å². The Bertz CT molecular complexity index is 581. The van der Waals surface area contributed by atoms with Crippen molar-refractivity contribution in [1.82, 2.24) is 4.98 Å². The van der Waals surface area contributed by atoms with Crippen LogP contribution in [0.3, 0.4) is 0 Å². The zero-order valence-corrected chi connectivity index (χ0v) is 13.0. The van der Waals surface area contributed by atoms with Crippen molar-refractivity contribution in [2.24, 2.45) is 0 Å². The number of aryl methyl sites for hydroxylation is 2. The maximum absolute atomic E-state index is 10.4. The molecule has 2 rings (SSSR count). The molecule has 0 aliphatic heterocycles. The van der Waals surface area contributed by atoms with Crippen molar-refractivity contribution in [2.75, 3.05) is 0 Å². The van der Waals surface area contributed by atoms with E-state index in [1.165, 1.54) is 11.1 Å². The van der Waals surface area contributed by atoms with Crippen LogP contribution in [0.25, 0.3) is 0 Å². The molecule has 0 aliphatic rings. The van der Waals surface area contributed by atoms with Gasteiger partial charge in [0.1, 0.15) is 6.10 Å². The third-order valence-electron chi connectivity index (χ3n) is 3.29. The molecule has 0 radical (unpaired) electrons. The Kier molecular flexibility index (Phi) is 3.79. The quantitative estimate of drug-likeness (QED) is 0.893. The Morgan fingerprint density at radius 2 is 1.84 bits per heavy atom. The maximum atomic E-state index is 10.4. The van der Waals surface area contributed by atoms with Gasteiger partial charge in [-0.3, -0.25) is 0 Å². The number of thiazole rings is 1. The normalized spacial score (nSPS) is 13.6. The van der Waals surface area contributed by atoms with E-state index in [4.69, 9.17) is 0 Å². The van der Waals surface area contributed by atoms with Crippen LogP contribution in [0.1, 0.15) is 54.3 Å². The molecule has 2 aromatic rings. The van der Waals surface area contributed by atoms with Gasteiger partial charge in [0.15, 0.2) is 0 Å². The highest BCUT2D eigenvalue weighted by molar-refractivity contribution is 7.09. The number of hydrogen-bond donors (Lipinski definition) is 1. The molecule has 0 fully saturated rings. The minimum absolute atomic E-state index is 0.0336. The van der Waals surface area contributed by atoms with E-state index in [0.717, 1.165) is 16.3 Å². The smallest absolute Gasteiger partial charge is 0.122 e. The fraction of sp³-hybridized carbons (Fsp3) is 0.438. The van der Waals surface area contributed by atoms with Crippen molar-refractivity contribution in [3.63, 3.8) is 0 Å². The van der Waals surface area contributed by atoms with Crippen molar-refractivity contribution < 1.29 is 5.11 Å². The molecule has 2 nitrogen and oxygen atoms in total. The molecule has 0 saturated carbocycles. The van der Waals surface area contributed by atoms with E-state index < -0.39 is 6.10 Å². The van der Waals surface area contributed by atoms with Gasteiger partial charge in [-0.05, 0) is 30.5 Å². The third-order valence-corrected chi connectivity index (χ3v) is 4.58. The molecule has 0 amide bonds. The van der Waals surface area contributed by atoms with Gasteiger partial charge in [-0.15, -0.1) is 11.3 Å². The first-order valence-electron chi connectivity index (χ1n) is 6.50. The Balaban J connectivity index is 2.31. The van der Waals surface area contributed by atoms with Crippen LogP contribution < -0.4 is 0 Å². The average molecular weight is 275 g/mol. The summed E-state index contributed by atoms with van der Waals surface area (Å²) >= 11 is 1.62. The standard InChI is InChI=1S/C16H21NOS/c1-10-6-7-12(8-11(10)2)14(18)13-9-19-15(17-13)16(3,4)5/h6-9,14,18H,1-5H3. The molecule has 19 heavy (non-hydrogen) atoms. The van der Waals surface area contributed by atoms with Crippen molar-refractivity contribution in [2.45, 2.75) is 46.1 Å². The summed E-state index contributed by atoms with van der Waals surface area (Å²) in [6, 6.07) is 6.06. The summed E-state index contributed by atoms with van der Waals surface area (Å²) < 4.78 is 0. The van der Waals surface area contributed by atoms with Crippen LogP contribution in [0, 0.1) is 13.8 Å². The molecule has 102 valence electrons. The van der Waals surface area contributed by atoms with Crippen LogP contribution in [0.15, 0.2) is 23.6 Å². The zero-order chi connectivity index (χ0) is 14.2. The monoisotopic (exact) mass is 275 g/mol. The Labute approximate surface area is 119 Å². The largest absolute Gasteiger partial charge is 0.382 e. The summed E-state index contributed by atoms with van der Waals surface area (Å²) in [5.41, 5.74) is 4.13. The van der Waals surface area contributed by atoms with E-state index in [-0.39, 0.29) is 5.41 Å². The first-order valence-corrected chi connectivity index (χ1v) is 7.38.